The van der Waals surface area contributed by atoms with Crippen LogP contribution in [0.1, 0.15) is 43.4 Å². The summed E-state index contributed by atoms with van der Waals surface area (Å²) >= 11 is 0. The van der Waals surface area contributed by atoms with Gasteiger partial charge in [0.1, 0.15) is 0 Å². The second-order valence-corrected chi connectivity index (χ2v) is 8.53. The maximum absolute atomic E-state index is 11.8. The molecule has 1 aliphatic heterocycles. The van der Waals surface area contributed by atoms with Gasteiger partial charge in [0.25, 0.3) is 0 Å². The van der Waals surface area contributed by atoms with E-state index in [1.165, 1.54) is 37.1 Å². The lowest BCUT2D eigenvalue weighted by atomic mass is 10.1. The van der Waals surface area contributed by atoms with Crippen LogP contribution in [-0.4, -0.2) is 43.1 Å². The SMILES string of the molecule is CN=C(NCc1ccc(CN2CCCC2)cc1)NCc1ccc(NC(=O)NC(C)C)cc1. The van der Waals surface area contributed by atoms with Gasteiger partial charge < -0.3 is 21.3 Å². The minimum atomic E-state index is -0.195. The number of likely N-dealkylation sites (tertiary alicyclic amines) is 1. The zero-order valence-corrected chi connectivity index (χ0v) is 19.4. The van der Waals surface area contributed by atoms with E-state index in [2.05, 4.69) is 55.4 Å². The van der Waals surface area contributed by atoms with Crippen LogP contribution in [0.15, 0.2) is 53.5 Å². The molecule has 2 aromatic carbocycles. The van der Waals surface area contributed by atoms with E-state index in [0.29, 0.717) is 6.54 Å². The zero-order chi connectivity index (χ0) is 22.8. The quantitative estimate of drug-likeness (QED) is 0.376. The molecule has 0 spiro atoms. The van der Waals surface area contributed by atoms with Crippen LogP contribution in [-0.2, 0) is 19.6 Å². The summed E-state index contributed by atoms with van der Waals surface area (Å²) < 4.78 is 0. The first-order valence-corrected chi connectivity index (χ1v) is 11.4. The molecule has 0 saturated carbocycles. The van der Waals surface area contributed by atoms with E-state index in [-0.39, 0.29) is 12.1 Å². The van der Waals surface area contributed by atoms with E-state index in [9.17, 15) is 4.79 Å². The van der Waals surface area contributed by atoms with E-state index in [0.717, 1.165) is 30.3 Å². The van der Waals surface area contributed by atoms with Crippen molar-refractivity contribution < 1.29 is 4.79 Å². The molecule has 0 unspecified atom stereocenters. The summed E-state index contributed by atoms with van der Waals surface area (Å²) in [6.07, 6.45) is 2.65. The van der Waals surface area contributed by atoms with Crippen molar-refractivity contribution in [3.8, 4) is 0 Å². The highest BCUT2D eigenvalue weighted by Crippen LogP contribution is 2.13. The number of hydrogen-bond donors (Lipinski definition) is 4. The van der Waals surface area contributed by atoms with Gasteiger partial charge in [-0.05, 0) is 68.6 Å². The average molecular weight is 437 g/mol. The van der Waals surface area contributed by atoms with Gasteiger partial charge in [0, 0.05) is 38.4 Å². The Labute approximate surface area is 191 Å². The van der Waals surface area contributed by atoms with Crippen LogP contribution in [0.3, 0.4) is 0 Å². The van der Waals surface area contributed by atoms with Gasteiger partial charge in [0.15, 0.2) is 5.96 Å². The van der Waals surface area contributed by atoms with Crippen LogP contribution >= 0.6 is 0 Å². The Balaban J connectivity index is 1.41. The smallest absolute Gasteiger partial charge is 0.319 e. The predicted octanol–water partition coefficient (Wildman–Crippen LogP) is 3.68. The fourth-order valence-electron chi connectivity index (χ4n) is 3.69. The molecule has 0 bridgehead atoms. The van der Waals surface area contributed by atoms with Crippen LogP contribution in [0.25, 0.3) is 0 Å². The number of nitrogens with one attached hydrogen (secondary N) is 4. The summed E-state index contributed by atoms with van der Waals surface area (Å²) in [5.74, 6) is 0.754. The van der Waals surface area contributed by atoms with Crippen molar-refractivity contribution >= 4 is 17.7 Å². The fraction of sp³-hybridized carbons (Fsp3) is 0.440. The summed E-state index contributed by atoms with van der Waals surface area (Å²) in [4.78, 5) is 18.6. The highest BCUT2D eigenvalue weighted by Gasteiger charge is 2.11. The number of guanidine groups is 1. The number of anilines is 1. The average Bonchev–Trinajstić information content (AvgIpc) is 3.28. The number of carbonyl (C=O) groups excluding carboxylic acids is 1. The number of benzene rings is 2. The Morgan fingerprint density at radius 1 is 0.906 bits per heavy atom. The summed E-state index contributed by atoms with van der Waals surface area (Å²) in [7, 11) is 1.77. The molecule has 2 aromatic rings. The first-order chi connectivity index (χ1) is 15.5. The predicted molar refractivity (Wildman–Crippen MR) is 132 cm³/mol. The number of hydrogen-bond acceptors (Lipinski definition) is 3. The van der Waals surface area contributed by atoms with Gasteiger partial charge >= 0.3 is 6.03 Å². The molecular formula is C25H36N6O. The highest BCUT2D eigenvalue weighted by atomic mass is 16.2. The molecule has 1 saturated heterocycles. The maximum atomic E-state index is 11.8. The van der Waals surface area contributed by atoms with Crippen molar-refractivity contribution in [1.82, 2.24) is 20.9 Å². The third-order valence-corrected chi connectivity index (χ3v) is 5.40. The van der Waals surface area contributed by atoms with Gasteiger partial charge in [-0.25, -0.2) is 4.79 Å². The molecule has 0 atom stereocenters. The van der Waals surface area contributed by atoms with E-state index in [4.69, 9.17) is 0 Å². The summed E-state index contributed by atoms with van der Waals surface area (Å²) in [5.41, 5.74) is 4.47. The van der Waals surface area contributed by atoms with Crippen LogP contribution < -0.4 is 21.3 Å². The Bertz CT molecular complexity index is 870. The Kier molecular flexibility index (Phi) is 8.92. The Morgan fingerprint density at radius 2 is 1.44 bits per heavy atom. The van der Waals surface area contributed by atoms with Crippen LogP contribution in [0, 0.1) is 0 Å². The first kappa shape index (κ1) is 23.6. The summed E-state index contributed by atoms with van der Waals surface area (Å²) in [5, 5.41) is 12.3. The standard InChI is InChI=1S/C25H36N6O/c1-19(2)29-25(32)30-23-12-10-21(11-13-23)17-28-24(26-3)27-16-20-6-8-22(9-7-20)18-31-14-4-5-15-31/h6-13,19H,4-5,14-18H2,1-3H3,(H2,26,27,28)(H2,29,30,32). The minimum absolute atomic E-state index is 0.102. The normalized spacial score (nSPS) is 14.4. The largest absolute Gasteiger partial charge is 0.352 e. The third-order valence-electron chi connectivity index (χ3n) is 5.40. The van der Waals surface area contributed by atoms with Gasteiger partial charge in [0.05, 0.1) is 0 Å². The van der Waals surface area contributed by atoms with Crippen LogP contribution in [0.2, 0.25) is 0 Å². The van der Waals surface area contributed by atoms with Crippen molar-refractivity contribution in [3.05, 3.63) is 65.2 Å². The third kappa shape index (κ3) is 7.89. The molecule has 0 radical (unpaired) electrons. The molecule has 32 heavy (non-hydrogen) atoms. The highest BCUT2D eigenvalue weighted by molar-refractivity contribution is 5.89. The van der Waals surface area contributed by atoms with Gasteiger partial charge in [-0.1, -0.05) is 36.4 Å². The number of carbonyl (C=O) groups is 1. The lowest BCUT2D eigenvalue weighted by Crippen LogP contribution is -2.36. The maximum Gasteiger partial charge on any atom is 0.319 e. The van der Waals surface area contributed by atoms with Crippen molar-refractivity contribution in [3.63, 3.8) is 0 Å². The number of rotatable bonds is 8. The fourth-order valence-corrected chi connectivity index (χ4v) is 3.69. The number of aliphatic imine (C=N–C) groups is 1. The van der Waals surface area contributed by atoms with Crippen molar-refractivity contribution in [2.45, 2.75) is 52.4 Å². The topological polar surface area (TPSA) is 80.8 Å². The van der Waals surface area contributed by atoms with Crippen molar-refractivity contribution in [1.29, 1.82) is 0 Å². The molecule has 1 aliphatic rings. The molecule has 7 heteroatoms. The number of amides is 2. The lowest BCUT2D eigenvalue weighted by molar-refractivity contribution is 0.250. The van der Waals surface area contributed by atoms with Gasteiger partial charge in [-0.3, -0.25) is 9.89 Å². The van der Waals surface area contributed by atoms with E-state index >= 15 is 0 Å². The van der Waals surface area contributed by atoms with Gasteiger partial charge in [-0.15, -0.1) is 0 Å². The van der Waals surface area contributed by atoms with E-state index in [1.807, 2.05) is 38.1 Å². The number of urea groups is 1. The molecule has 172 valence electrons. The lowest BCUT2D eigenvalue weighted by Gasteiger charge is -2.15. The Hall–Kier alpha value is -3.06. The molecule has 0 aliphatic carbocycles. The summed E-state index contributed by atoms with van der Waals surface area (Å²) in [6, 6.07) is 16.5. The van der Waals surface area contributed by atoms with Crippen LogP contribution in [0.5, 0.6) is 0 Å². The molecule has 3 rings (SSSR count). The van der Waals surface area contributed by atoms with Crippen molar-refractivity contribution in [2.75, 3.05) is 25.5 Å². The second kappa shape index (κ2) is 12.1. The Morgan fingerprint density at radius 3 is 1.97 bits per heavy atom. The first-order valence-electron chi connectivity index (χ1n) is 11.4. The molecule has 4 N–H and O–H groups in total. The van der Waals surface area contributed by atoms with Gasteiger partial charge in [-0.2, -0.15) is 0 Å². The van der Waals surface area contributed by atoms with E-state index < -0.39 is 0 Å². The molecular weight excluding hydrogens is 400 g/mol. The second-order valence-electron chi connectivity index (χ2n) is 8.53. The summed E-state index contributed by atoms with van der Waals surface area (Å²) in [6.45, 7) is 8.72. The molecule has 1 heterocycles. The molecule has 1 fully saturated rings. The minimum Gasteiger partial charge on any atom is -0.352 e. The zero-order valence-electron chi connectivity index (χ0n) is 19.4. The van der Waals surface area contributed by atoms with Crippen LogP contribution in [0.4, 0.5) is 10.5 Å². The molecule has 7 nitrogen and oxygen atoms in total. The van der Waals surface area contributed by atoms with Gasteiger partial charge in [0.2, 0.25) is 0 Å². The molecule has 2 amide bonds. The number of nitrogens with zero attached hydrogens (tertiary/aromatic N) is 2. The van der Waals surface area contributed by atoms with Crippen molar-refractivity contribution in [2.24, 2.45) is 4.99 Å². The monoisotopic (exact) mass is 436 g/mol. The molecule has 0 aromatic heterocycles. The van der Waals surface area contributed by atoms with E-state index in [1.54, 1.807) is 7.05 Å².